The molecule has 1 heterocycles. The minimum atomic E-state index is -3.38. The predicted octanol–water partition coefficient (Wildman–Crippen LogP) is 10.5. The molecule has 5 heteroatoms. The van der Waals surface area contributed by atoms with Crippen LogP contribution in [0.25, 0.3) is 11.1 Å². The van der Waals surface area contributed by atoms with E-state index in [0.29, 0.717) is 0 Å². The zero-order valence-electron chi connectivity index (χ0n) is 21.4. The topological polar surface area (TPSA) is 23.6 Å². The van der Waals surface area contributed by atoms with Gasteiger partial charge in [0, 0.05) is 26.5 Å². The Balaban J connectivity index is 1.58. The maximum atomic E-state index is 16.0. The molecule has 188 valence electrons. The molecule has 0 radical (unpaired) electrons. The van der Waals surface area contributed by atoms with E-state index in [1.807, 2.05) is 18.2 Å². The van der Waals surface area contributed by atoms with E-state index in [1.54, 1.807) is 0 Å². The Morgan fingerprint density at radius 3 is 2.32 bits per heavy atom. The summed E-state index contributed by atoms with van der Waals surface area (Å²) in [5.41, 5.74) is 8.65. The molecule has 3 aliphatic rings. The number of hydrogen-bond acceptors (Lipinski definition) is 1. The van der Waals surface area contributed by atoms with Crippen molar-refractivity contribution >= 4 is 46.1 Å². The molecule has 1 unspecified atom stereocenters. The fourth-order valence-corrected chi connectivity index (χ4v) is 9.80. The van der Waals surface area contributed by atoms with Gasteiger partial charge in [0.2, 0.25) is 0 Å². The first-order valence-electron chi connectivity index (χ1n) is 13.1. The molecule has 0 fully saturated rings. The van der Waals surface area contributed by atoms with Crippen LogP contribution in [0.1, 0.15) is 37.8 Å². The molecule has 0 saturated carbocycles. The lowest BCUT2D eigenvalue weighted by Crippen LogP contribution is -2.20. The molecule has 4 aromatic carbocycles. The second-order valence-electron chi connectivity index (χ2n) is 10.6. The maximum Gasteiger partial charge on any atom is 0.301 e. The molecular formula is C33H28BrN2OP. The molecule has 1 atom stereocenters. The number of nitrogens with zero attached hydrogens (tertiary/aromatic N) is 2. The Bertz CT molecular complexity index is 1710. The second kappa shape index (κ2) is 8.59. The fraction of sp³-hybridized carbons (Fsp3) is 0.152. The minimum Gasteiger partial charge on any atom is -0.270 e. The second-order valence-corrected chi connectivity index (χ2v) is 13.9. The van der Waals surface area contributed by atoms with Gasteiger partial charge in [-0.1, -0.05) is 103 Å². The number of anilines is 4. The normalized spacial score (nSPS) is 20.7. The Morgan fingerprint density at radius 1 is 0.763 bits per heavy atom. The van der Waals surface area contributed by atoms with Crippen LogP contribution in [0.15, 0.2) is 119 Å². The summed E-state index contributed by atoms with van der Waals surface area (Å²) in [6, 6.07) is 31.6. The van der Waals surface area contributed by atoms with Gasteiger partial charge in [-0.25, -0.2) is 0 Å². The summed E-state index contributed by atoms with van der Waals surface area (Å²) in [7, 11) is -3.38. The molecule has 7 rings (SSSR count). The van der Waals surface area contributed by atoms with E-state index in [9.17, 15) is 0 Å². The monoisotopic (exact) mass is 578 g/mol. The lowest BCUT2D eigenvalue weighted by molar-refractivity contribution is 0.580. The van der Waals surface area contributed by atoms with Crippen molar-refractivity contribution in [2.45, 2.75) is 32.1 Å². The minimum absolute atomic E-state index is 0.142. The lowest BCUT2D eigenvalue weighted by Gasteiger charge is -2.35. The molecule has 0 bridgehead atoms. The quantitative estimate of drug-likeness (QED) is 0.226. The maximum absolute atomic E-state index is 16.0. The van der Waals surface area contributed by atoms with Crippen molar-refractivity contribution in [3.8, 4) is 11.1 Å². The summed E-state index contributed by atoms with van der Waals surface area (Å²) in [6.07, 6.45) is 8.26. The number of halogens is 1. The Labute approximate surface area is 232 Å². The van der Waals surface area contributed by atoms with E-state index >= 15 is 4.57 Å². The van der Waals surface area contributed by atoms with Crippen LogP contribution in [0.5, 0.6) is 0 Å². The van der Waals surface area contributed by atoms with Crippen LogP contribution >= 0.6 is 23.4 Å². The highest BCUT2D eigenvalue weighted by molar-refractivity contribution is 9.10. The summed E-state index contributed by atoms with van der Waals surface area (Å²) in [5, 5.41) is 0.878. The molecule has 0 spiro atoms. The van der Waals surface area contributed by atoms with Gasteiger partial charge in [-0.3, -0.25) is 13.9 Å². The summed E-state index contributed by atoms with van der Waals surface area (Å²) >= 11 is 3.70. The van der Waals surface area contributed by atoms with E-state index in [-0.39, 0.29) is 5.41 Å². The van der Waals surface area contributed by atoms with Gasteiger partial charge in [-0.15, -0.1) is 0 Å². The van der Waals surface area contributed by atoms with Crippen molar-refractivity contribution < 1.29 is 4.57 Å². The van der Waals surface area contributed by atoms with Crippen molar-refractivity contribution in [2.75, 3.05) is 9.34 Å². The standard InChI is InChI=1S/C33H28BrN2OP/c1-33(2)27-17-10-9-16-26(27)32-28(33)18-11-19-30(32)36-29-21-20-23(34)22-31(29)35(24-12-5-3-6-13-24)38(36,37)25-14-7-4-8-15-25/h3,5-7,9-22H,4,8H2,1-2H3. The summed E-state index contributed by atoms with van der Waals surface area (Å²) in [6.45, 7) is 4.58. The molecule has 3 nitrogen and oxygen atoms in total. The van der Waals surface area contributed by atoms with Crippen LogP contribution in [0.2, 0.25) is 0 Å². The number of hydrogen-bond donors (Lipinski definition) is 0. The number of para-hydroxylation sites is 1. The molecule has 38 heavy (non-hydrogen) atoms. The van der Waals surface area contributed by atoms with Gasteiger partial charge in [0.05, 0.1) is 17.1 Å². The average Bonchev–Trinajstić information content (AvgIpc) is 3.35. The van der Waals surface area contributed by atoms with Crippen LogP contribution in [0, 0.1) is 0 Å². The van der Waals surface area contributed by atoms with Crippen LogP contribution in [-0.4, -0.2) is 0 Å². The average molecular weight is 579 g/mol. The van der Waals surface area contributed by atoms with Gasteiger partial charge in [0.25, 0.3) is 0 Å². The highest BCUT2D eigenvalue weighted by Crippen LogP contribution is 2.76. The number of benzene rings is 4. The van der Waals surface area contributed by atoms with Crippen molar-refractivity contribution in [3.63, 3.8) is 0 Å². The van der Waals surface area contributed by atoms with E-state index in [4.69, 9.17) is 0 Å². The number of fused-ring (bicyclic) bond motifs is 4. The van der Waals surface area contributed by atoms with Gasteiger partial charge < -0.3 is 0 Å². The Morgan fingerprint density at radius 2 is 1.53 bits per heavy atom. The number of rotatable bonds is 3. The highest BCUT2D eigenvalue weighted by atomic mass is 79.9. The Hall–Kier alpha value is -3.33. The fourth-order valence-electron chi connectivity index (χ4n) is 6.33. The van der Waals surface area contributed by atoms with E-state index in [0.717, 1.165) is 45.4 Å². The lowest BCUT2D eigenvalue weighted by atomic mass is 9.82. The number of allylic oxidation sites excluding steroid dienone is 4. The van der Waals surface area contributed by atoms with Gasteiger partial charge in [0.15, 0.2) is 0 Å². The van der Waals surface area contributed by atoms with Crippen molar-refractivity contribution in [1.29, 1.82) is 0 Å². The third-order valence-corrected chi connectivity index (χ3v) is 11.5. The van der Waals surface area contributed by atoms with Crippen LogP contribution in [0.3, 0.4) is 0 Å². The third-order valence-electron chi connectivity index (χ3n) is 8.06. The van der Waals surface area contributed by atoms with Gasteiger partial charge >= 0.3 is 7.44 Å². The molecule has 0 saturated heterocycles. The van der Waals surface area contributed by atoms with Crippen LogP contribution in [-0.2, 0) is 9.98 Å². The SMILES string of the molecule is CC1(C)c2ccccc2-c2c(N3c4ccc(Br)cc4N(c4ccccc4)P3(=O)C3=CCCC=C3)cccc21. The van der Waals surface area contributed by atoms with E-state index in [1.165, 1.54) is 22.3 Å². The third kappa shape index (κ3) is 3.23. The first-order chi connectivity index (χ1) is 18.4. The molecule has 4 aromatic rings. The largest absolute Gasteiger partial charge is 0.301 e. The Kier molecular flexibility index (Phi) is 5.37. The van der Waals surface area contributed by atoms with Gasteiger partial charge in [-0.05, 0) is 65.9 Å². The molecule has 0 amide bonds. The molecule has 0 aromatic heterocycles. The zero-order chi connectivity index (χ0) is 26.1. The van der Waals surface area contributed by atoms with Crippen molar-refractivity contribution in [1.82, 2.24) is 0 Å². The van der Waals surface area contributed by atoms with Crippen molar-refractivity contribution in [2.24, 2.45) is 0 Å². The van der Waals surface area contributed by atoms with Crippen LogP contribution < -0.4 is 9.34 Å². The smallest absolute Gasteiger partial charge is 0.270 e. The van der Waals surface area contributed by atoms with Gasteiger partial charge in [0.1, 0.15) is 0 Å². The van der Waals surface area contributed by atoms with Crippen LogP contribution in [0.4, 0.5) is 22.7 Å². The predicted molar refractivity (Wildman–Crippen MR) is 163 cm³/mol. The highest BCUT2D eigenvalue weighted by Gasteiger charge is 2.51. The summed E-state index contributed by atoms with van der Waals surface area (Å²) in [4.78, 5) is 0. The zero-order valence-corrected chi connectivity index (χ0v) is 23.9. The first-order valence-corrected chi connectivity index (χ1v) is 15.5. The van der Waals surface area contributed by atoms with Crippen molar-refractivity contribution in [3.05, 3.63) is 130 Å². The molecule has 0 N–H and O–H groups in total. The molecule has 1 aliphatic heterocycles. The van der Waals surface area contributed by atoms with Gasteiger partial charge in [-0.2, -0.15) is 0 Å². The van der Waals surface area contributed by atoms with E-state index < -0.39 is 7.44 Å². The molecule has 2 aliphatic carbocycles. The first kappa shape index (κ1) is 23.8. The molecular weight excluding hydrogens is 551 g/mol. The van der Waals surface area contributed by atoms with E-state index in [2.05, 4.69) is 130 Å². The summed E-state index contributed by atoms with van der Waals surface area (Å²) in [5.74, 6) is 0. The summed E-state index contributed by atoms with van der Waals surface area (Å²) < 4.78 is 21.2.